The monoisotopic (exact) mass is 318 g/mol. The van der Waals surface area contributed by atoms with E-state index < -0.39 is 0 Å². The van der Waals surface area contributed by atoms with Gasteiger partial charge in [-0.3, -0.25) is 0 Å². The maximum absolute atomic E-state index is 5.72. The van der Waals surface area contributed by atoms with Gasteiger partial charge in [0.05, 0.1) is 19.8 Å². The lowest BCUT2D eigenvalue weighted by atomic mass is 10.0. The second-order valence-corrected chi connectivity index (χ2v) is 6.08. The zero-order valence-corrected chi connectivity index (χ0v) is 14.9. The molecule has 0 aliphatic rings. The summed E-state index contributed by atoms with van der Waals surface area (Å²) in [6.45, 7) is 7.93. The largest absolute Gasteiger partial charge is 0.494 e. The summed E-state index contributed by atoms with van der Waals surface area (Å²) in [4.78, 5) is 0. The van der Waals surface area contributed by atoms with Crippen molar-refractivity contribution in [1.29, 1.82) is 0 Å². The first-order valence-corrected chi connectivity index (χ1v) is 9.27. The van der Waals surface area contributed by atoms with E-state index in [1.807, 2.05) is 0 Å². The fraction of sp³-hybridized carbons (Fsp3) is 0.619. The van der Waals surface area contributed by atoms with Crippen molar-refractivity contribution in [3.63, 3.8) is 0 Å². The SMILES string of the molecule is C=CCOCCCOc1ccc(CCCCCCCCC)cc1. The molecule has 2 nitrogen and oxygen atoms in total. The van der Waals surface area contributed by atoms with E-state index in [1.165, 1.54) is 56.9 Å². The molecule has 0 unspecified atom stereocenters. The molecule has 0 aliphatic carbocycles. The van der Waals surface area contributed by atoms with E-state index in [9.17, 15) is 0 Å². The predicted octanol–water partition coefficient (Wildman–Crippen LogP) is 5.95. The lowest BCUT2D eigenvalue weighted by Crippen LogP contribution is -2.03. The van der Waals surface area contributed by atoms with Crippen LogP contribution in [0.4, 0.5) is 0 Å². The summed E-state index contributed by atoms with van der Waals surface area (Å²) >= 11 is 0. The highest BCUT2D eigenvalue weighted by atomic mass is 16.5. The molecule has 0 aliphatic heterocycles. The first kappa shape index (κ1) is 19.8. The number of hydrogen-bond acceptors (Lipinski definition) is 2. The maximum atomic E-state index is 5.72. The Kier molecular flexibility index (Phi) is 12.3. The summed E-state index contributed by atoms with van der Waals surface area (Å²) in [5.41, 5.74) is 1.42. The molecule has 0 atom stereocenters. The van der Waals surface area contributed by atoms with Gasteiger partial charge in [-0.15, -0.1) is 6.58 Å². The molecule has 0 fully saturated rings. The van der Waals surface area contributed by atoms with Gasteiger partial charge >= 0.3 is 0 Å². The van der Waals surface area contributed by atoms with Crippen LogP contribution in [0.5, 0.6) is 5.75 Å². The molecule has 0 saturated carbocycles. The molecule has 0 spiro atoms. The third-order valence-electron chi connectivity index (χ3n) is 3.93. The standard InChI is InChI=1S/C21H34O2/c1-3-5-6-7-8-9-10-12-20-13-15-21(16-14-20)23-19-11-18-22-17-4-2/h4,13-16H,2-3,5-12,17-19H2,1H3. The zero-order valence-electron chi connectivity index (χ0n) is 14.9. The molecule has 0 aromatic heterocycles. The maximum Gasteiger partial charge on any atom is 0.119 e. The Hall–Kier alpha value is -1.28. The number of unbranched alkanes of at least 4 members (excludes halogenated alkanes) is 6. The van der Waals surface area contributed by atoms with Gasteiger partial charge in [0.1, 0.15) is 5.75 Å². The molecule has 0 bridgehead atoms. The number of ether oxygens (including phenoxy) is 2. The Morgan fingerprint density at radius 2 is 1.57 bits per heavy atom. The zero-order chi connectivity index (χ0) is 16.6. The van der Waals surface area contributed by atoms with E-state index in [0.717, 1.165) is 18.8 Å². The quantitative estimate of drug-likeness (QED) is 0.294. The van der Waals surface area contributed by atoms with Crippen molar-refractivity contribution in [2.24, 2.45) is 0 Å². The minimum Gasteiger partial charge on any atom is -0.494 e. The second kappa shape index (κ2) is 14.3. The highest BCUT2D eigenvalue weighted by Crippen LogP contribution is 2.15. The smallest absolute Gasteiger partial charge is 0.119 e. The fourth-order valence-corrected chi connectivity index (χ4v) is 2.56. The minimum atomic E-state index is 0.618. The Morgan fingerprint density at radius 3 is 2.26 bits per heavy atom. The average molecular weight is 319 g/mol. The summed E-state index contributed by atoms with van der Waals surface area (Å²) in [6.07, 6.45) is 13.4. The van der Waals surface area contributed by atoms with E-state index in [1.54, 1.807) is 6.08 Å². The molecule has 0 radical (unpaired) electrons. The van der Waals surface area contributed by atoms with Crippen LogP contribution in [0.1, 0.15) is 63.9 Å². The number of aryl methyl sites for hydroxylation is 1. The van der Waals surface area contributed by atoms with E-state index in [0.29, 0.717) is 13.2 Å². The molecular weight excluding hydrogens is 284 g/mol. The van der Waals surface area contributed by atoms with Crippen molar-refractivity contribution >= 4 is 0 Å². The number of rotatable bonds is 15. The van der Waals surface area contributed by atoms with E-state index in [-0.39, 0.29) is 0 Å². The molecule has 1 aromatic carbocycles. The van der Waals surface area contributed by atoms with Crippen molar-refractivity contribution in [3.8, 4) is 5.75 Å². The van der Waals surface area contributed by atoms with Crippen molar-refractivity contribution in [2.75, 3.05) is 19.8 Å². The van der Waals surface area contributed by atoms with Crippen LogP contribution in [-0.2, 0) is 11.2 Å². The number of hydrogen-bond donors (Lipinski definition) is 0. The highest BCUT2D eigenvalue weighted by molar-refractivity contribution is 5.27. The first-order chi connectivity index (χ1) is 11.4. The molecule has 0 amide bonds. The van der Waals surface area contributed by atoms with Gasteiger partial charge in [0, 0.05) is 6.42 Å². The van der Waals surface area contributed by atoms with Crippen LogP contribution >= 0.6 is 0 Å². The minimum absolute atomic E-state index is 0.618. The van der Waals surface area contributed by atoms with E-state index in [4.69, 9.17) is 9.47 Å². The van der Waals surface area contributed by atoms with Crippen LogP contribution < -0.4 is 4.74 Å². The Morgan fingerprint density at radius 1 is 0.870 bits per heavy atom. The van der Waals surface area contributed by atoms with Crippen LogP contribution in [0.25, 0.3) is 0 Å². The molecule has 130 valence electrons. The van der Waals surface area contributed by atoms with Crippen molar-refractivity contribution in [3.05, 3.63) is 42.5 Å². The van der Waals surface area contributed by atoms with Gasteiger partial charge in [-0.2, -0.15) is 0 Å². The third-order valence-corrected chi connectivity index (χ3v) is 3.93. The van der Waals surface area contributed by atoms with Crippen LogP contribution in [0.2, 0.25) is 0 Å². The molecule has 0 heterocycles. The van der Waals surface area contributed by atoms with E-state index >= 15 is 0 Å². The molecule has 1 aromatic rings. The van der Waals surface area contributed by atoms with Crippen molar-refractivity contribution in [2.45, 2.75) is 64.7 Å². The van der Waals surface area contributed by atoms with Gasteiger partial charge in [-0.05, 0) is 30.5 Å². The van der Waals surface area contributed by atoms with Gasteiger partial charge in [0.15, 0.2) is 0 Å². The fourth-order valence-electron chi connectivity index (χ4n) is 2.56. The van der Waals surface area contributed by atoms with Crippen LogP contribution in [0.15, 0.2) is 36.9 Å². The molecule has 1 rings (SSSR count). The van der Waals surface area contributed by atoms with Gasteiger partial charge in [-0.1, -0.05) is 63.7 Å². The highest BCUT2D eigenvalue weighted by Gasteiger charge is 1.97. The molecular formula is C21H34O2. The average Bonchev–Trinajstić information content (AvgIpc) is 2.58. The second-order valence-electron chi connectivity index (χ2n) is 6.08. The van der Waals surface area contributed by atoms with Gasteiger partial charge in [-0.25, -0.2) is 0 Å². The summed E-state index contributed by atoms with van der Waals surface area (Å²) in [7, 11) is 0. The Balaban J connectivity index is 2.05. The van der Waals surface area contributed by atoms with Crippen molar-refractivity contribution in [1.82, 2.24) is 0 Å². The van der Waals surface area contributed by atoms with Gasteiger partial charge in [0.25, 0.3) is 0 Å². The lowest BCUT2D eigenvalue weighted by Gasteiger charge is -2.07. The summed E-state index contributed by atoms with van der Waals surface area (Å²) in [5.74, 6) is 0.956. The normalized spacial score (nSPS) is 10.7. The Labute approximate surface area is 142 Å². The molecule has 0 N–H and O–H groups in total. The van der Waals surface area contributed by atoms with Gasteiger partial charge < -0.3 is 9.47 Å². The molecule has 0 saturated heterocycles. The predicted molar refractivity (Wildman–Crippen MR) is 99.3 cm³/mol. The summed E-state index contributed by atoms with van der Waals surface area (Å²) in [5, 5.41) is 0. The van der Waals surface area contributed by atoms with Crippen LogP contribution in [0, 0.1) is 0 Å². The van der Waals surface area contributed by atoms with Gasteiger partial charge in [0.2, 0.25) is 0 Å². The molecule has 2 heteroatoms. The van der Waals surface area contributed by atoms with Crippen molar-refractivity contribution < 1.29 is 9.47 Å². The summed E-state index contributed by atoms with van der Waals surface area (Å²) < 4.78 is 11.0. The van der Waals surface area contributed by atoms with Crippen LogP contribution in [0.3, 0.4) is 0 Å². The van der Waals surface area contributed by atoms with Crippen LogP contribution in [-0.4, -0.2) is 19.8 Å². The third kappa shape index (κ3) is 11.0. The Bertz CT molecular complexity index is 383. The first-order valence-electron chi connectivity index (χ1n) is 9.27. The topological polar surface area (TPSA) is 18.5 Å². The molecule has 23 heavy (non-hydrogen) atoms. The van der Waals surface area contributed by atoms with E-state index in [2.05, 4.69) is 37.8 Å². The summed E-state index contributed by atoms with van der Waals surface area (Å²) in [6, 6.07) is 8.56. The lowest BCUT2D eigenvalue weighted by molar-refractivity contribution is 0.143. The number of benzene rings is 1.